The van der Waals surface area contributed by atoms with Crippen molar-refractivity contribution in [1.29, 1.82) is 0 Å². The molecule has 0 spiro atoms. The number of benzene rings is 1. The molecule has 2 rings (SSSR count). The molecule has 4 heteroatoms. The average molecular weight is 264 g/mol. The van der Waals surface area contributed by atoms with E-state index in [-0.39, 0.29) is 11.2 Å². The molecular weight excluding hydrogens is 244 g/mol. The smallest absolute Gasteiger partial charge is 0.237 e. The molecule has 3 N–H and O–H groups in total. The molecule has 0 radical (unpaired) electrons. The zero-order valence-electron chi connectivity index (χ0n) is 11.1. The van der Waals surface area contributed by atoms with Crippen molar-refractivity contribution in [3.63, 3.8) is 0 Å². The molecule has 0 saturated carbocycles. The molecule has 0 aliphatic carbocycles. The third-order valence-electron chi connectivity index (χ3n) is 3.42. The second-order valence-electron chi connectivity index (χ2n) is 5.09. The lowest BCUT2D eigenvalue weighted by Crippen LogP contribution is -2.27. The van der Waals surface area contributed by atoms with Gasteiger partial charge in [0.15, 0.2) is 0 Å². The highest BCUT2D eigenvalue weighted by Gasteiger charge is 2.24. The van der Waals surface area contributed by atoms with Crippen molar-refractivity contribution in [3.8, 4) is 0 Å². The van der Waals surface area contributed by atoms with E-state index in [0.29, 0.717) is 18.4 Å². The van der Waals surface area contributed by atoms with Crippen LogP contribution in [0.15, 0.2) is 23.1 Å². The maximum Gasteiger partial charge on any atom is 0.237 e. The van der Waals surface area contributed by atoms with Crippen molar-refractivity contribution in [3.05, 3.63) is 23.8 Å². The number of amides is 1. The molecule has 0 bridgehead atoms. The van der Waals surface area contributed by atoms with Gasteiger partial charge < -0.3 is 11.1 Å². The van der Waals surface area contributed by atoms with Gasteiger partial charge in [-0.1, -0.05) is 19.9 Å². The van der Waals surface area contributed by atoms with Gasteiger partial charge in [0.2, 0.25) is 5.91 Å². The molecule has 1 amide bonds. The van der Waals surface area contributed by atoms with Crippen LogP contribution in [0.2, 0.25) is 0 Å². The zero-order valence-corrected chi connectivity index (χ0v) is 11.9. The van der Waals surface area contributed by atoms with Crippen LogP contribution in [0.3, 0.4) is 0 Å². The minimum atomic E-state index is -0.0150. The van der Waals surface area contributed by atoms with Gasteiger partial charge in [-0.25, -0.2) is 0 Å². The first-order valence-electron chi connectivity index (χ1n) is 6.34. The minimum absolute atomic E-state index is 0.0150. The molecule has 1 aliphatic rings. The predicted molar refractivity (Wildman–Crippen MR) is 77.0 cm³/mol. The molecule has 0 aromatic heterocycles. The third-order valence-corrected chi connectivity index (χ3v) is 4.60. The fourth-order valence-electron chi connectivity index (χ4n) is 2.25. The summed E-state index contributed by atoms with van der Waals surface area (Å²) in [6.07, 6.45) is 0. The highest BCUT2D eigenvalue weighted by molar-refractivity contribution is 8.00. The van der Waals surface area contributed by atoms with Gasteiger partial charge >= 0.3 is 0 Å². The summed E-state index contributed by atoms with van der Waals surface area (Å²) in [7, 11) is 0. The Morgan fingerprint density at radius 2 is 2.17 bits per heavy atom. The lowest BCUT2D eigenvalue weighted by atomic mass is 9.88. The van der Waals surface area contributed by atoms with Crippen LogP contribution < -0.4 is 11.1 Å². The normalized spacial score (nSPS) is 20.5. The van der Waals surface area contributed by atoms with E-state index >= 15 is 0 Å². The van der Waals surface area contributed by atoms with E-state index in [1.165, 1.54) is 5.56 Å². The highest BCUT2D eigenvalue weighted by Crippen LogP contribution is 2.37. The number of hydrogen-bond acceptors (Lipinski definition) is 3. The van der Waals surface area contributed by atoms with E-state index in [1.54, 1.807) is 11.8 Å². The maximum absolute atomic E-state index is 11.7. The first-order chi connectivity index (χ1) is 8.52. The van der Waals surface area contributed by atoms with Crippen LogP contribution in [0, 0.1) is 5.92 Å². The molecule has 1 aromatic rings. The minimum Gasteiger partial charge on any atom is -0.330 e. The van der Waals surface area contributed by atoms with Crippen LogP contribution in [0.1, 0.15) is 32.3 Å². The Morgan fingerprint density at radius 3 is 2.78 bits per heavy atom. The van der Waals surface area contributed by atoms with E-state index in [4.69, 9.17) is 5.73 Å². The van der Waals surface area contributed by atoms with Gasteiger partial charge in [-0.3, -0.25) is 4.79 Å². The number of fused-ring (bicyclic) bond motifs is 1. The molecule has 0 saturated heterocycles. The SMILES string of the molecule is CC1Sc2ccc(C(CN)C(C)C)cc2NC1=O. The van der Waals surface area contributed by atoms with Crippen molar-refractivity contribution in [2.45, 2.75) is 36.8 Å². The Labute approximate surface area is 113 Å². The van der Waals surface area contributed by atoms with Gasteiger partial charge in [-0.05, 0) is 43.0 Å². The molecule has 2 unspecified atom stereocenters. The van der Waals surface area contributed by atoms with Crippen LogP contribution in [0.5, 0.6) is 0 Å². The number of nitrogens with two attached hydrogens (primary N) is 1. The molecular formula is C14H20N2OS. The summed E-state index contributed by atoms with van der Waals surface area (Å²) >= 11 is 1.61. The number of carbonyl (C=O) groups is 1. The fourth-order valence-corrected chi connectivity index (χ4v) is 3.18. The van der Waals surface area contributed by atoms with Crippen LogP contribution in [0.4, 0.5) is 5.69 Å². The van der Waals surface area contributed by atoms with Gasteiger partial charge in [0.25, 0.3) is 0 Å². The number of nitrogens with one attached hydrogen (secondary N) is 1. The molecule has 3 nitrogen and oxygen atoms in total. The lowest BCUT2D eigenvalue weighted by molar-refractivity contribution is -0.115. The number of hydrogen-bond donors (Lipinski definition) is 2. The third kappa shape index (κ3) is 2.54. The highest BCUT2D eigenvalue weighted by atomic mass is 32.2. The Bertz CT molecular complexity index is 459. The van der Waals surface area contributed by atoms with Crippen molar-refractivity contribution in [2.24, 2.45) is 11.7 Å². The molecule has 1 aliphatic heterocycles. The molecule has 1 aromatic carbocycles. The largest absolute Gasteiger partial charge is 0.330 e. The van der Waals surface area contributed by atoms with Crippen molar-refractivity contribution < 1.29 is 4.79 Å². The monoisotopic (exact) mass is 264 g/mol. The topological polar surface area (TPSA) is 55.1 Å². The molecule has 2 atom stereocenters. The number of rotatable bonds is 3. The summed E-state index contributed by atoms with van der Waals surface area (Å²) < 4.78 is 0. The van der Waals surface area contributed by atoms with Gasteiger partial charge in [0.05, 0.1) is 10.9 Å². The van der Waals surface area contributed by atoms with Crippen molar-refractivity contribution in [1.82, 2.24) is 0 Å². The first-order valence-corrected chi connectivity index (χ1v) is 7.22. The Morgan fingerprint density at radius 1 is 1.44 bits per heavy atom. The standard InChI is InChI=1S/C14H20N2OS/c1-8(2)11(7-15)10-4-5-13-12(6-10)16-14(17)9(3)18-13/h4-6,8-9,11H,7,15H2,1-3H3,(H,16,17). The van der Waals surface area contributed by atoms with E-state index in [1.807, 2.05) is 6.92 Å². The van der Waals surface area contributed by atoms with E-state index in [2.05, 4.69) is 37.4 Å². The van der Waals surface area contributed by atoms with Crippen molar-refractivity contribution in [2.75, 3.05) is 11.9 Å². The van der Waals surface area contributed by atoms with Crippen LogP contribution in [-0.2, 0) is 4.79 Å². The molecule has 18 heavy (non-hydrogen) atoms. The van der Waals surface area contributed by atoms with Crippen LogP contribution >= 0.6 is 11.8 Å². The second kappa shape index (κ2) is 5.33. The van der Waals surface area contributed by atoms with Gasteiger partial charge in [0, 0.05) is 4.90 Å². The van der Waals surface area contributed by atoms with Crippen LogP contribution in [0.25, 0.3) is 0 Å². The Balaban J connectivity index is 2.32. The number of carbonyl (C=O) groups excluding carboxylic acids is 1. The predicted octanol–water partition coefficient (Wildman–Crippen LogP) is 2.82. The van der Waals surface area contributed by atoms with Gasteiger partial charge in [0.1, 0.15) is 0 Å². The van der Waals surface area contributed by atoms with Crippen molar-refractivity contribution >= 4 is 23.4 Å². The maximum atomic E-state index is 11.7. The average Bonchev–Trinajstić information content (AvgIpc) is 2.31. The van der Waals surface area contributed by atoms with E-state index in [9.17, 15) is 4.79 Å². The molecule has 98 valence electrons. The summed E-state index contributed by atoms with van der Waals surface area (Å²) in [5, 5.41) is 2.95. The quantitative estimate of drug-likeness (QED) is 0.882. The second-order valence-corrected chi connectivity index (χ2v) is 6.47. The fraction of sp³-hybridized carbons (Fsp3) is 0.500. The summed E-state index contributed by atoms with van der Waals surface area (Å²) in [6, 6.07) is 6.30. The summed E-state index contributed by atoms with van der Waals surface area (Å²) in [5.41, 5.74) is 7.98. The zero-order chi connectivity index (χ0) is 13.3. The summed E-state index contributed by atoms with van der Waals surface area (Å²) in [4.78, 5) is 12.8. The van der Waals surface area contributed by atoms with Crippen LogP contribution in [-0.4, -0.2) is 17.7 Å². The number of thioether (sulfide) groups is 1. The van der Waals surface area contributed by atoms with E-state index in [0.717, 1.165) is 10.6 Å². The van der Waals surface area contributed by atoms with E-state index < -0.39 is 0 Å². The lowest BCUT2D eigenvalue weighted by Gasteiger charge is -2.25. The molecule has 0 fully saturated rings. The van der Waals surface area contributed by atoms with Gasteiger partial charge in [-0.15, -0.1) is 11.8 Å². The first kappa shape index (κ1) is 13.4. The Hall–Kier alpha value is -1.00. The number of anilines is 1. The summed E-state index contributed by atoms with van der Waals surface area (Å²) in [5.74, 6) is 0.925. The molecule has 1 heterocycles. The summed E-state index contributed by atoms with van der Waals surface area (Å²) in [6.45, 7) is 6.90. The van der Waals surface area contributed by atoms with Gasteiger partial charge in [-0.2, -0.15) is 0 Å². The Kier molecular flexibility index (Phi) is 3.97.